The fraction of sp³-hybridized carbons (Fsp3) is 0.529. The van der Waals surface area contributed by atoms with Crippen LogP contribution in [0.4, 0.5) is 0 Å². The first-order valence-corrected chi connectivity index (χ1v) is 7.61. The number of hydrogen-bond donors (Lipinski definition) is 0. The number of aryl methyl sites for hydroxylation is 1. The lowest BCUT2D eigenvalue weighted by Gasteiger charge is -2.38. The molecule has 1 aliphatic heterocycles. The second-order valence-electron chi connectivity index (χ2n) is 5.79. The molecule has 0 N–H and O–H groups in total. The van der Waals surface area contributed by atoms with Gasteiger partial charge < -0.3 is 9.74 Å². The molecule has 1 aromatic carbocycles. The summed E-state index contributed by atoms with van der Waals surface area (Å²) in [5.41, 5.74) is 2.14. The second kappa shape index (κ2) is 7.25. The maximum atomic E-state index is 12.2. The van der Waals surface area contributed by atoms with E-state index in [0.29, 0.717) is 12.1 Å². The first-order valence-electron chi connectivity index (χ1n) is 7.61. The molecule has 0 spiro atoms. The lowest BCUT2D eigenvalue weighted by atomic mass is 9.97. The minimum atomic E-state index is 0.0110. The van der Waals surface area contributed by atoms with Crippen LogP contribution in [0.1, 0.15) is 44.2 Å². The zero-order valence-electron chi connectivity index (χ0n) is 13.1. The van der Waals surface area contributed by atoms with E-state index in [1.54, 1.807) is 6.21 Å². The van der Waals surface area contributed by atoms with Crippen LogP contribution in [0.2, 0.25) is 0 Å². The van der Waals surface area contributed by atoms with Gasteiger partial charge in [-0.05, 0) is 51.2 Å². The minimum absolute atomic E-state index is 0.0110. The molecule has 2 rings (SSSR count). The van der Waals surface area contributed by atoms with Gasteiger partial charge in [-0.2, -0.15) is 0 Å². The third kappa shape index (κ3) is 4.06. The van der Waals surface area contributed by atoms with Crippen molar-refractivity contribution < 1.29 is 9.63 Å². The molecule has 0 aromatic heterocycles. The molecule has 0 aliphatic carbocycles. The maximum Gasteiger partial charge on any atom is 0.263 e. The summed E-state index contributed by atoms with van der Waals surface area (Å²) in [6.07, 6.45) is 5.00. The van der Waals surface area contributed by atoms with Crippen molar-refractivity contribution in [3.8, 4) is 0 Å². The van der Waals surface area contributed by atoms with Crippen LogP contribution in [0, 0.1) is 6.92 Å². The van der Waals surface area contributed by atoms with Crippen LogP contribution < -0.4 is 0 Å². The summed E-state index contributed by atoms with van der Waals surface area (Å²) in [5.74, 6) is 0.0247. The molecular formula is C17H24N2O2. The fourth-order valence-corrected chi connectivity index (χ4v) is 2.91. The molecule has 2 atom stereocenters. The van der Waals surface area contributed by atoms with Gasteiger partial charge in [0.15, 0.2) is 6.61 Å². The predicted molar refractivity (Wildman–Crippen MR) is 84.3 cm³/mol. The van der Waals surface area contributed by atoms with E-state index in [1.165, 1.54) is 6.42 Å². The third-order valence-electron chi connectivity index (χ3n) is 4.12. The summed E-state index contributed by atoms with van der Waals surface area (Å²) in [6, 6.07) is 8.52. The summed E-state index contributed by atoms with van der Waals surface area (Å²) in [6.45, 7) is 6.23. The van der Waals surface area contributed by atoms with Gasteiger partial charge in [0, 0.05) is 12.1 Å². The van der Waals surface area contributed by atoms with E-state index in [2.05, 4.69) is 19.0 Å². The van der Waals surface area contributed by atoms with Crippen LogP contribution >= 0.6 is 0 Å². The average molecular weight is 288 g/mol. The summed E-state index contributed by atoms with van der Waals surface area (Å²) in [4.78, 5) is 19.3. The van der Waals surface area contributed by atoms with Gasteiger partial charge in [0.1, 0.15) is 0 Å². The Morgan fingerprint density at radius 2 is 2.00 bits per heavy atom. The van der Waals surface area contributed by atoms with Crippen molar-refractivity contribution in [2.75, 3.05) is 6.61 Å². The largest absolute Gasteiger partial charge is 0.386 e. The summed E-state index contributed by atoms with van der Waals surface area (Å²) < 4.78 is 0. The normalized spacial score (nSPS) is 22.5. The molecule has 0 saturated carbocycles. The highest BCUT2D eigenvalue weighted by Gasteiger charge is 2.28. The van der Waals surface area contributed by atoms with Gasteiger partial charge in [0.05, 0.1) is 6.21 Å². The highest BCUT2D eigenvalue weighted by atomic mass is 16.6. The number of carbonyl (C=O) groups is 1. The lowest BCUT2D eigenvalue weighted by molar-refractivity contribution is -0.142. The molecule has 1 aliphatic rings. The van der Waals surface area contributed by atoms with E-state index < -0.39 is 0 Å². The molecule has 4 nitrogen and oxygen atoms in total. The van der Waals surface area contributed by atoms with Crippen molar-refractivity contribution in [3.63, 3.8) is 0 Å². The van der Waals surface area contributed by atoms with Gasteiger partial charge in [-0.15, -0.1) is 0 Å². The van der Waals surface area contributed by atoms with E-state index in [9.17, 15) is 4.79 Å². The van der Waals surface area contributed by atoms with Gasteiger partial charge in [-0.3, -0.25) is 4.79 Å². The summed E-state index contributed by atoms with van der Waals surface area (Å²) in [5, 5.41) is 3.91. The molecule has 1 saturated heterocycles. The number of piperidine rings is 1. The lowest BCUT2D eigenvalue weighted by Crippen LogP contribution is -2.48. The van der Waals surface area contributed by atoms with Crippen LogP contribution in [-0.2, 0) is 9.63 Å². The maximum absolute atomic E-state index is 12.2. The molecule has 114 valence electrons. The molecule has 1 heterocycles. The number of amides is 1. The number of likely N-dealkylation sites (tertiary alicyclic amines) is 1. The number of carbonyl (C=O) groups excluding carboxylic acids is 1. The van der Waals surface area contributed by atoms with E-state index in [1.807, 2.05) is 36.1 Å². The first-order chi connectivity index (χ1) is 10.1. The van der Waals surface area contributed by atoms with E-state index >= 15 is 0 Å². The highest BCUT2D eigenvalue weighted by molar-refractivity contribution is 5.81. The second-order valence-corrected chi connectivity index (χ2v) is 5.79. The molecule has 4 heteroatoms. The Balaban J connectivity index is 1.85. The summed E-state index contributed by atoms with van der Waals surface area (Å²) in [7, 11) is 0. The van der Waals surface area contributed by atoms with Crippen molar-refractivity contribution in [2.45, 2.75) is 52.1 Å². The zero-order chi connectivity index (χ0) is 15.2. The Morgan fingerprint density at radius 1 is 1.33 bits per heavy atom. The Bertz CT molecular complexity index is 503. The number of benzene rings is 1. The Labute approximate surface area is 126 Å². The number of hydrogen-bond acceptors (Lipinski definition) is 3. The first kappa shape index (κ1) is 15.5. The standard InChI is InChI=1S/C17H24N2O2/c1-13-7-4-5-10-16(13)11-18-21-12-17(20)19-14(2)8-6-9-15(19)3/h4-5,7,10-11,14-15H,6,8-9,12H2,1-3H3/t14-,15+. The third-order valence-corrected chi connectivity index (χ3v) is 4.12. The van der Waals surface area contributed by atoms with Gasteiger partial charge in [0.25, 0.3) is 5.91 Å². The van der Waals surface area contributed by atoms with Gasteiger partial charge in [0.2, 0.25) is 0 Å². The van der Waals surface area contributed by atoms with Crippen LogP contribution in [0.15, 0.2) is 29.4 Å². The monoisotopic (exact) mass is 288 g/mol. The van der Waals surface area contributed by atoms with E-state index in [-0.39, 0.29) is 12.5 Å². The smallest absolute Gasteiger partial charge is 0.263 e. The van der Waals surface area contributed by atoms with Crippen molar-refractivity contribution in [2.24, 2.45) is 5.16 Å². The molecular weight excluding hydrogens is 264 g/mol. The van der Waals surface area contributed by atoms with E-state index in [4.69, 9.17) is 4.84 Å². The number of nitrogens with zero attached hydrogens (tertiary/aromatic N) is 2. The zero-order valence-corrected chi connectivity index (χ0v) is 13.1. The molecule has 0 radical (unpaired) electrons. The fourth-order valence-electron chi connectivity index (χ4n) is 2.91. The van der Waals surface area contributed by atoms with Gasteiger partial charge >= 0.3 is 0 Å². The molecule has 1 aromatic rings. The van der Waals surface area contributed by atoms with E-state index in [0.717, 1.165) is 24.0 Å². The van der Waals surface area contributed by atoms with Gasteiger partial charge in [-0.25, -0.2) is 0 Å². The molecule has 0 unspecified atom stereocenters. The van der Waals surface area contributed by atoms with Crippen molar-refractivity contribution in [1.82, 2.24) is 4.90 Å². The molecule has 1 amide bonds. The average Bonchev–Trinajstić information content (AvgIpc) is 2.45. The minimum Gasteiger partial charge on any atom is -0.386 e. The molecule has 21 heavy (non-hydrogen) atoms. The van der Waals surface area contributed by atoms with Gasteiger partial charge in [-0.1, -0.05) is 29.4 Å². The van der Waals surface area contributed by atoms with Crippen LogP contribution in [0.5, 0.6) is 0 Å². The van der Waals surface area contributed by atoms with Crippen LogP contribution in [0.25, 0.3) is 0 Å². The number of oxime groups is 1. The Morgan fingerprint density at radius 3 is 2.67 bits per heavy atom. The Hall–Kier alpha value is -1.84. The SMILES string of the molecule is Cc1ccccc1C=NOCC(=O)N1[C@H](C)CCC[C@@H]1C. The Kier molecular flexibility index (Phi) is 5.37. The number of rotatable bonds is 4. The van der Waals surface area contributed by atoms with Crippen molar-refractivity contribution >= 4 is 12.1 Å². The molecule has 1 fully saturated rings. The van der Waals surface area contributed by atoms with Crippen molar-refractivity contribution in [3.05, 3.63) is 35.4 Å². The topological polar surface area (TPSA) is 41.9 Å². The molecule has 0 bridgehead atoms. The highest BCUT2D eigenvalue weighted by Crippen LogP contribution is 2.22. The van der Waals surface area contributed by atoms with Crippen molar-refractivity contribution in [1.29, 1.82) is 0 Å². The quantitative estimate of drug-likeness (QED) is 0.631. The summed E-state index contributed by atoms with van der Waals surface area (Å²) >= 11 is 0. The van der Waals surface area contributed by atoms with Crippen LogP contribution in [-0.4, -0.2) is 35.7 Å². The van der Waals surface area contributed by atoms with Crippen LogP contribution in [0.3, 0.4) is 0 Å². The predicted octanol–water partition coefficient (Wildman–Crippen LogP) is 3.14.